The molecule has 1 radical (unpaired) electrons. The Balaban J connectivity index is 0. The van der Waals surface area contributed by atoms with E-state index in [0.717, 1.165) is 13.1 Å². The third-order valence-electron chi connectivity index (χ3n) is 1.77. The summed E-state index contributed by atoms with van der Waals surface area (Å²) in [5, 5.41) is 0. The summed E-state index contributed by atoms with van der Waals surface area (Å²) >= 11 is 0. The molecule has 1 nitrogen and oxygen atoms in total. The van der Waals surface area contributed by atoms with Crippen molar-refractivity contribution in [3.05, 3.63) is 37.3 Å². The second-order valence-electron chi connectivity index (χ2n) is 2.42. The molecular weight excluding hydrogens is 247 g/mol. The van der Waals surface area contributed by atoms with Crippen LogP contribution in [0.25, 0.3) is 0 Å². The standard InChI is InChI=1S/C10H14N.C2H6.Y/c1-3-11(4-2)10-8-6-5-7-9-10;1-2;/h5-9H,1,3-4H2,2H3;1-2H3;/q-1;;. The Morgan fingerprint density at radius 2 is 1.64 bits per heavy atom. The molecule has 0 N–H and O–H groups in total. The van der Waals surface area contributed by atoms with Crippen LogP contribution in [0.2, 0.25) is 0 Å². The molecule has 0 atom stereocenters. The molecule has 0 heterocycles. The predicted molar refractivity (Wildman–Crippen MR) is 61.0 cm³/mol. The van der Waals surface area contributed by atoms with Crippen LogP contribution < -0.4 is 4.90 Å². The fourth-order valence-electron chi connectivity index (χ4n) is 1.11. The topological polar surface area (TPSA) is 3.24 Å². The zero-order valence-electron chi connectivity index (χ0n) is 9.53. The van der Waals surface area contributed by atoms with Gasteiger partial charge in [-0.2, -0.15) is 0 Å². The number of hydrogen-bond acceptors (Lipinski definition) is 1. The Kier molecular flexibility index (Phi) is 13.2. The van der Waals surface area contributed by atoms with Crippen molar-refractivity contribution in [2.75, 3.05) is 18.0 Å². The van der Waals surface area contributed by atoms with Crippen molar-refractivity contribution in [1.82, 2.24) is 0 Å². The Morgan fingerprint density at radius 3 is 2.00 bits per heavy atom. The molecule has 0 saturated heterocycles. The number of benzene rings is 1. The Labute approximate surface area is 114 Å². The van der Waals surface area contributed by atoms with Gasteiger partial charge in [0.05, 0.1) is 0 Å². The summed E-state index contributed by atoms with van der Waals surface area (Å²) in [6, 6.07) is 10.3. The van der Waals surface area contributed by atoms with E-state index in [9.17, 15) is 0 Å². The van der Waals surface area contributed by atoms with Gasteiger partial charge in [0, 0.05) is 44.9 Å². The van der Waals surface area contributed by atoms with E-state index in [-0.39, 0.29) is 32.7 Å². The van der Waals surface area contributed by atoms with Crippen LogP contribution in [0.3, 0.4) is 0 Å². The summed E-state index contributed by atoms with van der Waals surface area (Å²) in [6.45, 7) is 11.9. The van der Waals surface area contributed by atoms with Crippen LogP contribution in [0.15, 0.2) is 30.3 Å². The molecule has 0 fully saturated rings. The molecule has 0 aliphatic heterocycles. The minimum Gasteiger partial charge on any atom is -0.402 e. The molecule has 0 bridgehead atoms. The molecule has 0 aliphatic carbocycles. The maximum absolute atomic E-state index is 3.86. The number of rotatable bonds is 3. The van der Waals surface area contributed by atoms with Gasteiger partial charge in [0.1, 0.15) is 0 Å². The van der Waals surface area contributed by atoms with E-state index in [2.05, 4.69) is 30.9 Å². The van der Waals surface area contributed by atoms with Gasteiger partial charge in [-0.15, -0.1) is 6.54 Å². The zero-order valence-corrected chi connectivity index (χ0v) is 12.4. The summed E-state index contributed by atoms with van der Waals surface area (Å²) in [5.74, 6) is 0. The maximum atomic E-state index is 3.86. The quantitative estimate of drug-likeness (QED) is 0.759. The average Bonchev–Trinajstić information content (AvgIpc) is 2.24. The fourth-order valence-corrected chi connectivity index (χ4v) is 1.11. The van der Waals surface area contributed by atoms with Gasteiger partial charge in [-0.3, -0.25) is 0 Å². The van der Waals surface area contributed by atoms with Crippen LogP contribution in [0.4, 0.5) is 5.69 Å². The van der Waals surface area contributed by atoms with Crippen molar-refractivity contribution < 1.29 is 32.7 Å². The molecule has 2 heteroatoms. The monoisotopic (exact) mass is 267 g/mol. The number of nitrogens with zero attached hydrogens (tertiary/aromatic N) is 1. The predicted octanol–water partition coefficient (Wildman–Crippen LogP) is 3.37. The van der Waals surface area contributed by atoms with Crippen molar-refractivity contribution in [2.45, 2.75) is 20.8 Å². The van der Waals surface area contributed by atoms with Gasteiger partial charge < -0.3 is 11.8 Å². The van der Waals surface area contributed by atoms with Crippen molar-refractivity contribution in [3.8, 4) is 0 Å². The summed E-state index contributed by atoms with van der Waals surface area (Å²) in [6.07, 6.45) is 0. The van der Waals surface area contributed by atoms with E-state index in [0.29, 0.717) is 0 Å². The summed E-state index contributed by atoms with van der Waals surface area (Å²) in [7, 11) is 0. The molecule has 1 rings (SSSR count). The number of para-hydroxylation sites is 1. The van der Waals surface area contributed by atoms with Crippen LogP contribution in [0, 0.1) is 6.92 Å². The molecule has 0 aromatic heterocycles. The average molecular weight is 267 g/mol. The van der Waals surface area contributed by atoms with Crippen molar-refractivity contribution in [1.29, 1.82) is 0 Å². The molecule has 0 amide bonds. The van der Waals surface area contributed by atoms with Crippen LogP contribution in [-0.2, 0) is 32.7 Å². The zero-order chi connectivity index (χ0) is 10.1. The summed E-state index contributed by atoms with van der Waals surface area (Å²) in [4.78, 5) is 2.22. The van der Waals surface area contributed by atoms with Gasteiger partial charge >= 0.3 is 0 Å². The Morgan fingerprint density at radius 1 is 1.14 bits per heavy atom. The van der Waals surface area contributed by atoms with Crippen LogP contribution in [0.1, 0.15) is 20.8 Å². The fraction of sp³-hybridized carbons (Fsp3) is 0.417. The van der Waals surface area contributed by atoms with Gasteiger partial charge in [-0.05, 0) is 19.1 Å². The largest absolute Gasteiger partial charge is 0.402 e. The summed E-state index contributed by atoms with van der Waals surface area (Å²) in [5.41, 5.74) is 1.25. The van der Waals surface area contributed by atoms with E-state index in [1.54, 1.807) is 0 Å². The molecule has 77 valence electrons. The first kappa shape index (κ1) is 16.5. The molecule has 1 aromatic rings. The molecule has 1 aromatic carbocycles. The smallest absolute Gasteiger partial charge is 0.0341 e. The van der Waals surface area contributed by atoms with Crippen molar-refractivity contribution >= 4 is 5.69 Å². The first-order chi connectivity index (χ1) is 6.38. The second-order valence-corrected chi connectivity index (χ2v) is 2.42. The molecule has 0 spiro atoms. The van der Waals surface area contributed by atoms with Gasteiger partial charge in [0.2, 0.25) is 0 Å². The van der Waals surface area contributed by atoms with Crippen LogP contribution >= 0.6 is 0 Å². The van der Waals surface area contributed by atoms with Gasteiger partial charge in [-0.1, -0.05) is 32.0 Å². The molecular formula is C12H20NY-. The van der Waals surface area contributed by atoms with E-state index in [1.165, 1.54) is 5.69 Å². The minimum absolute atomic E-state index is 0. The van der Waals surface area contributed by atoms with Gasteiger partial charge in [0.25, 0.3) is 0 Å². The number of hydrogen-bond donors (Lipinski definition) is 0. The second kappa shape index (κ2) is 11.2. The van der Waals surface area contributed by atoms with Crippen molar-refractivity contribution in [3.63, 3.8) is 0 Å². The van der Waals surface area contributed by atoms with E-state index in [1.807, 2.05) is 32.0 Å². The van der Waals surface area contributed by atoms with E-state index < -0.39 is 0 Å². The first-order valence-corrected chi connectivity index (χ1v) is 4.97. The number of anilines is 1. The molecule has 0 unspecified atom stereocenters. The van der Waals surface area contributed by atoms with Gasteiger partial charge in [-0.25, -0.2) is 0 Å². The van der Waals surface area contributed by atoms with Gasteiger partial charge in [0.15, 0.2) is 0 Å². The minimum atomic E-state index is 0. The van der Waals surface area contributed by atoms with Crippen LogP contribution in [0.5, 0.6) is 0 Å². The Hall–Kier alpha value is 0.124. The maximum Gasteiger partial charge on any atom is 0.0341 e. The third kappa shape index (κ3) is 5.77. The summed E-state index contributed by atoms with van der Waals surface area (Å²) < 4.78 is 0. The Bertz CT molecular complexity index is 195. The SMILES string of the molecule is CC.[CH2-]CN(CC)c1ccccc1.[Y]. The molecule has 0 aliphatic rings. The molecule has 0 saturated carbocycles. The molecule has 14 heavy (non-hydrogen) atoms. The normalized spacial score (nSPS) is 8.00. The van der Waals surface area contributed by atoms with Crippen LogP contribution in [-0.4, -0.2) is 13.1 Å². The van der Waals surface area contributed by atoms with Crippen molar-refractivity contribution in [2.24, 2.45) is 0 Å². The third-order valence-corrected chi connectivity index (χ3v) is 1.77. The first-order valence-electron chi connectivity index (χ1n) is 4.97. The van der Waals surface area contributed by atoms with E-state index in [4.69, 9.17) is 0 Å². The van der Waals surface area contributed by atoms with E-state index >= 15 is 0 Å².